The quantitative estimate of drug-likeness (QED) is 0.289. The van der Waals surface area contributed by atoms with Crippen LogP contribution in [0.2, 0.25) is 5.02 Å². The number of para-hydroxylation sites is 1. The van der Waals surface area contributed by atoms with Gasteiger partial charge in [0, 0.05) is 45.5 Å². The molecular weight excluding hydrogens is 512 g/mol. The van der Waals surface area contributed by atoms with Gasteiger partial charge < -0.3 is 14.3 Å². The Bertz CT molecular complexity index is 1860. The number of ether oxygens (including phenoxy) is 1. The summed E-state index contributed by atoms with van der Waals surface area (Å²) in [6, 6.07) is 20.6. The number of halogens is 1. The molecule has 0 aliphatic carbocycles. The van der Waals surface area contributed by atoms with Gasteiger partial charge in [0.25, 0.3) is 5.56 Å². The molecule has 0 saturated carbocycles. The minimum absolute atomic E-state index is 0.0591. The molecule has 0 aliphatic heterocycles. The van der Waals surface area contributed by atoms with Crippen LogP contribution in [0.25, 0.3) is 22.2 Å². The lowest BCUT2D eigenvalue weighted by atomic mass is 10.0. The molecule has 0 radical (unpaired) electrons. The van der Waals surface area contributed by atoms with Crippen LogP contribution in [0.15, 0.2) is 65.6 Å². The van der Waals surface area contributed by atoms with Gasteiger partial charge in [0.1, 0.15) is 29.5 Å². The summed E-state index contributed by atoms with van der Waals surface area (Å²) in [7, 11) is 0. The molecule has 0 spiro atoms. The highest BCUT2D eigenvalue weighted by molar-refractivity contribution is 6.31. The molecule has 8 nitrogen and oxygen atoms in total. The minimum atomic E-state index is -0.394. The number of aromatic amines is 1. The first-order valence-corrected chi connectivity index (χ1v) is 12.6. The molecule has 192 valence electrons. The van der Waals surface area contributed by atoms with Crippen molar-refractivity contribution < 1.29 is 4.74 Å². The van der Waals surface area contributed by atoms with Crippen LogP contribution in [0.4, 0.5) is 0 Å². The second-order valence-electron chi connectivity index (χ2n) is 9.12. The number of fused-ring (bicyclic) bond motifs is 1. The Morgan fingerprint density at radius 3 is 2.67 bits per heavy atom. The van der Waals surface area contributed by atoms with Gasteiger partial charge in [0.05, 0.1) is 29.8 Å². The van der Waals surface area contributed by atoms with Crippen molar-refractivity contribution in [1.82, 2.24) is 19.5 Å². The van der Waals surface area contributed by atoms with Crippen molar-refractivity contribution in [3.8, 4) is 29.1 Å². The van der Waals surface area contributed by atoms with E-state index in [2.05, 4.69) is 16.0 Å². The van der Waals surface area contributed by atoms with Gasteiger partial charge in [-0.15, -0.1) is 0 Å². The van der Waals surface area contributed by atoms with E-state index in [4.69, 9.17) is 26.6 Å². The summed E-state index contributed by atoms with van der Waals surface area (Å²) in [4.78, 5) is 25.4. The second kappa shape index (κ2) is 10.8. The first-order chi connectivity index (χ1) is 18.9. The third-order valence-corrected chi connectivity index (χ3v) is 6.69. The predicted octanol–water partition coefficient (Wildman–Crippen LogP) is 5.62. The predicted molar refractivity (Wildman–Crippen MR) is 148 cm³/mol. The Balaban J connectivity index is 1.51. The molecule has 39 heavy (non-hydrogen) atoms. The normalized spacial score (nSPS) is 10.8. The SMILES string of the molecule is Cc1cc(Cl)c(COc2cccc3c(-c4ccc(CC#N)[nH]4)cc(C)nc23)c(Cn2cccc(C#N)c2=O)n1. The fourth-order valence-corrected chi connectivity index (χ4v) is 4.86. The standard InChI is InChI=1S/C30H23ClN6O2/c1-18-13-23(26-9-8-21(36-26)10-11-32)22-6-3-7-28(29(22)35-18)39-17-24-25(31)14-19(2)34-27(24)16-37-12-4-5-20(15-33)30(37)38/h3-9,12-14,36H,10,16-17H2,1-2H3. The van der Waals surface area contributed by atoms with Crippen molar-refractivity contribution in [3.05, 3.63) is 110 Å². The Kier molecular flexibility index (Phi) is 7.14. The van der Waals surface area contributed by atoms with Crippen LogP contribution in [0.3, 0.4) is 0 Å². The molecule has 5 rings (SSSR count). The largest absolute Gasteiger partial charge is 0.486 e. The van der Waals surface area contributed by atoms with Gasteiger partial charge in [-0.05, 0) is 56.3 Å². The second-order valence-corrected chi connectivity index (χ2v) is 9.53. The van der Waals surface area contributed by atoms with E-state index in [0.717, 1.165) is 28.0 Å². The summed E-state index contributed by atoms with van der Waals surface area (Å²) in [5, 5.41) is 19.7. The number of pyridine rings is 3. The summed E-state index contributed by atoms with van der Waals surface area (Å²) in [6.45, 7) is 4.00. The average molecular weight is 535 g/mol. The van der Waals surface area contributed by atoms with Crippen molar-refractivity contribution in [2.24, 2.45) is 0 Å². The van der Waals surface area contributed by atoms with Crippen LogP contribution in [0, 0.1) is 36.5 Å². The van der Waals surface area contributed by atoms with Crippen LogP contribution < -0.4 is 10.3 Å². The molecule has 0 saturated heterocycles. The number of aryl methyl sites for hydroxylation is 2. The average Bonchev–Trinajstić information content (AvgIpc) is 3.37. The molecule has 0 amide bonds. The summed E-state index contributed by atoms with van der Waals surface area (Å²) in [5.74, 6) is 0.576. The third kappa shape index (κ3) is 5.24. The van der Waals surface area contributed by atoms with Crippen molar-refractivity contribution >= 4 is 22.5 Å². The van der Waals surface area contributed by atoms with Gasteiger partial charge in [-0.3, -0.25) is 9.78 Å². The smallest absolute Gasteiger partial charge is 0.268 e. The number of hydrogen-bond donors (Lipinski definition) is 1. The van der Waals surface area contributed by atoms with E-state index in [1.54, 1.807) is 18.3 Å². The molecule has 1 N–H and O–H groups in total. The number of nitrogens with zero attached hydrogens (tertiary/aromatic N) is 5. The molecule has 5 aromatic rings. The van der Waals surface area contributed by atoms with E-state index in [1.165, 1.54) is 10.6 Å². The summed E-state index contributed by atoms with van der Waals surface area (Å²) in [5.41, 5.74) is 5.81. The molecule has 1 aromatic carbocycles. The van der Waals surface area contributed by atoms with Gasteiger partial charge >= 0.3 is 0 Å². The van der Waals surface area contributed by atoms with Gasteiger partial charge in [0.15, 0.2) is 0 Å². The van der Waals surface area contributed by atoms with Crippen molar-refractivity contribution in [3.63, 3.8) is 0 Å². The van der Waals surface area contributed by atoms with Gasteiger partial charge in [-0.25, -0.2) is 4.98 Å². The van der Waals surface area contributed by atoms with Crippen molar-refractivity contribution in [2.45, 2.75) is 33.4 Å². The maximum Gasteiger partial charge on any atom is 0.268 e. The van der Waals surface area contributed by atoms with Crippen LogP contribution in [-0.4, -0.2) is 19.5 Å². The maximum absolute atomic E-state index is 12.7. The Labute approximate surface area is 229 Å². The lowest BCUT2D eigenvalue weighted by Gasteiger charge is -2.16. The van der Waals surface area contributed by atoms with E-state index in [9.17, 15) is 10.1 Å². The van der Waals surface area contributed by atoms with Crippen molar-refractivity contribution in [1.29, 1.82) is 10.5 Å². The number of benzene rings is 1. The van der Waals surface area contributed by atoms with E-state index in [1.807, 2.05) is 56.3 Å². The first-order valence-electron chi connectivity index (χ1n) is 12.2. The fraction of sp³-hybridized carbons (Fsp3) is 0.167. The molecule has 0 fully saturated rings. The Morgan fingerprint density at radius 2 is 1.87 bits per heavy atom. The monoisotopic (exact) mass is 534 g/mol. The number of hydrogen-bond acceptors (Lipinski definition) is 6. The highest BCUT2D eigenvalue weighted by atomic mass is 35.5. The molecule has 4 aromatic heterocycles. The maximum atomic E-state index is 12.7. The topological polar surface area (TPSA) is 120 Å². The third-order valence-electron chi connectivity index (χ3n) is 6.35. The molecule has 0 bridgehead atoms. The fourth-order valence-electron chi connectivity index (χ4n) is 4.54. The van der Waals surface area contributed by atoms with Crippen LogP contribution in [0.5, 0.6) is 5.75 Å². The zero-order valence-electron chi connectivity index (χ0n) is 21.3. The van der Waals surface area contributed by atoms with Gasteiger partial charge in [-0.1, -0.05) is 23.7 Å². The molecular formula is C30H23ClN6O2. The zero-order valence-corrected chi connectivity index (χ0v) is 22.1. The number of nitriles is 2. The van der Waals surface area contributed by atoms with Crippen molar-refractivity contribution in [2.75, 3.05) is 0 Å². The van der Waals surface area contributed by atoms with E-state index in [0.29, 0.717) is 39.7 Å². The lowest BCUT2D eigenvalue weighted by Crippen LogP contribution is -2.23. The van der Waals surface area contributed by atoms with Gasteiger partial charge in [0.2, 0.25) is 0 Å². The Morgan fingerprint density at radius 1 is 1.05 bits per heavy atom. The van der Waals surface area contributed by atoms with Crippen LogP contribution in [-0.2, 0) is 19.6 Å². The molecule has 0 aliphatic rings. The highest BCUT2D eigenvalue weighted by Crippen LogP contribution is 2.34. The zero-order chi connectivity index (χ0) is 27.5. The number of aromatic nitrogens is 4. The summed E-state index contributed by atoms with van der Waals surface area (Å²) >= 11 is 6.64. The van der Waals surface area contributed by atoms with Gasteiger partial charge in [-0.2, -0.15) is 10.5 Å². The molecule has 9 heteroatoms. The minimum Gasteiger partial charge on any atom is -0.486 e. The van der Waals surface area contributed by atoms with E-state index < -0.39 is 5.56 Å². The molecule has 0 unspecified atom stereocenters. The lowest BCUT2D eigenvalue weighted by molar-refractivity contribution is 0.307. The first kappa shape index (κ1) is 25.7. The number of rotatable bonds is 7. The number of nitrogens with one attached hydrogen (secondary N) is 1. The number of H-pyrrole nitrogens is 1. The van der Waals surface area contributed by atoms with Crippen LogP contribution >= 0.6 is 11.6 Å². The van der Waals surface area contributed by atoms with Crippen LogP contribution in [0.1, 0.15) is 33.9 Å². The highest BCUT2D eigenvalue weighted by Gasteiger charge is 2.16. The molecule has 0 atom stereocenters. The van der Waals surface area contributed by atoms with E-state index >= 15 is 0 Å². The summed E-state index contributed by atoms with van der Waals surface area (Å²) in [6.07, 6.45) is 1.92. The van der Waals surface area contributed by atoms with E-state index in [-0.39, 0.29) is 18.7 Å². The Hall–Kier alpha value is -4.92. The molecule has 4 heterocycles. The summed E-state index contributed by atoms with van der Waals surface area (Å²) < 4.78 is 7.73.